The molecule has 26 heavy (non-hydrogen) atoms. The molecule has 1 amide bonds. The predicted molar refractivity (Wildman–Crippen MR) is 100 cm³/mol. The lowest BCUT2D eigenvalue weighted by molar-refractivity contribution is -0.133. The van der Waals surface area contributed by atoms with Crippen LogP contribution in [0.5, 0.6) is 0 Å². The van der Waals surface area contributed by atoms with Crippen molar-refractivity contribution >= 4 is 22.9 Å². The molecule has 0 saturated heterocycles. The van der Waals surface area contributed by atoms with Gasteiger partial charge in [0.1, 0.15) is 0 Å². The second kappa shape index (κ2) is 8.12. The van der Waals surface area contributed by atoms with Gasteiger partial charge in [-0.3, -0.25) is 4.79 Å². The highest BCUT2D eigenvalue weighted by Crippen LogP contribution is 2.19. The Hall–Kier alpha value is -2.70. The Kier molecular flexibility index (Phi) is 6.13. The summed E-state index contributed by atoms with van der Waals surface area (Å²) in [6, 6.07) is 1.88. The zero-order valence-corrected chi connectivity index (χ0v) is 16.1. The maximum absolute atomic E-state index is 12.4. The van der Waals surface area contributed by atoms with Crippen LogP contribution in [-0.2, 0) is 9.53 Å². The van der Waals surface area contributed by atoms with E-state index in [1.165, 1.54) is 0 Å². The highest BCUT2D eigenvalue weighted by Gasteiger charge is 2.19. The first-order valence-corrected chi connectivity index (χ1v) is 8.68. The third-order valence-corrected chi connectivity index (χ3v) is 3.99. The molecule has 0 unspecified atom stereocenters. The molecular formula is C19H26N4O3. The van der Waals surface area contributed by atoms with Gasteiger partial charge in [-0.1, -0.05) is 12.2 Å². The second-order valence-corrected chi connectivity index (χ2v) is 6.66. The minimum atomic E-state index is -0.561. The van der Waals surface area contributed by atoms with Crippen LogP contribution in [0.25, 0.3) is 11.0 Å². The average Bonchev–Trinajstić information content (AvgIpc) is 2.99. The Balaban J connectivity index is 2.13. The van der Waals surface area contributed by atoms with Crippen LogP contribution in [0, 0.1) is 6.92 Å². The van der Waals surface area contributed by atoms with Crippen molar-refractivity contribution in [2.45, 2.75) is 40.7 Å². The van der Waals surface area contributed by atoms with Gasteiger partial charge in [-0.25, -0.2) is 14.5 Å². The van der Waals surface area contributed by atoms with Crippen molar-refractivity contribution in [3.8, 4) is 0 Å². The van der Waals surface area contributed by atoms with Gasteiger partial charge in [-0.05, 0) is 40.7 Å². The molecular weight excluding hydrogens is 332 g/mol. The van der Waals surface area contributed by atoms with Gasteiger partial charge in [-0.15, -0.1) is 0 Å². The van der Waals surface area contributed by atoms with Crippen molar-refractivity contribution in [1.29, 1.82) is 0 Å². The van der Waals surface area contributed by atoms with Crippen LogP contribution in [0.4, 0.5) is 0 Å². The Morgan fingerprint density at radius 3 is 2.65 bits per heavy atom. The molecule has 0 aromatic carbocycles. The van der Waals surface area contributed by atoms with Gasteiger partial charge in [0.25, 0.3) is 5.91 Å². The maximum atomic E-state index is 12.4. The van der Waals surface area contributed by atoms with Crippen molar-refractivity contribution in [3.05, 3.63) is 35.7 Å². The number of amides is 1. The van der Waals surface area contributed by atoms with Crippen molar-refractivity contribution in [2.75, 3.05) is 19.7 Å². The molecule has 2 aromatic rings. The van der Waals surface area contributed by atoms with E-state index < -0.39 is 5.97 Å². The summed E-state index contributed by atoms with van der Waals surface area (Å²) in [6.07, 6.45) is 1.68. The number of rotatable bonds is 7. The molecule has 0 aliphatic heterocycles. The van der Waals surface area contributed by atoms with E-state index in [9.17, 15) is 9.59 Å². The molecule has 0 saturated carbocycles. The van der Waals surface area contributed by atoms with Crippen molar-refractivity contribution in [1.82, 2.24) is 19.7 Å². The van der Waals surface area contributed by atoms with E-state index in [1.807, 2.05) is 27.7 Å². The lowest BCUT2D eigenvalue weighted by Crippen LogP contribution is -2.35. The van der Waals surface area contributed by atoms with E-state index in [-0.39, 0.29) is 18.6 Å². The number of nitrogens with zero attached hydrogens (tertiary/aromatic N) is 4. The Morgan fingerprint density at radius 2 is 2.08 bits per heavy atom. The lowest BCUT2D eigenvalue weighted by Gasteiger charge is -2.20. The molecule has 7 nitrogen and oxygen atoms in total. The standard InChI is InChI=1S/C19H26N4O3/c1-7-22(10-12(2)3)17(24)11-26-19(25)16-8-15-9-20-23(13(4)5)18(15)21-14(16)6/h8-9,13H,2,7,10-11H2,1,3-6H3. The Morgan fingerprint density at radius 1 is 1.38 bits per heavy atom. The summed E-state index contributed by atoms with van der Waals surface area (Å²) < 4.78 is 7.01. The smallest absolute Gasteiger partial charge is 0.340 e. The van der Waals surface area contributed by atoms with Crippen LogP contribution >= 0.6 is 0 Å². The van der Waals surface area contributed by atoms with Crippen LogP contribution < -0.4 is 0 Å². The monoisotopic (exact) mass is 358 g/mol. The maximum Gasteiger partial charge on any atom is 0.340 e. The third-order valence-electron chi connectivity index (χ3n) is 3.99. The summed E-state index contributed by atoms with van der Waals surface area (Å²) in [5, 5.41) is 5.07. The minimum Gasteiger partial charge on any atom is -0.452 e. The van der Waals surface area contributed by atoms with E-state index in [0.717, 1.165) is 16.6 Å². The van der Waals surface area contributed by atoms with Gasteiger partial charge >= 0.3 is 5.97 Å². The van der Waals surface area contributed by atoms with Crippen LogP contribution in [-0.4, -0.2) is 51.2 Å². The SMILES string of the molecule is C=C(C)CN(CC)C(=O)COC(=O)c1cc2cnn(C(C)C)c2nc1C. The number of ether oxygens (including phenoxy) is 1. The zero-order valence-electron chi connectivity index (χ0n) is 16.1. The molecule has 0 atom stereocenters. The van der Waals surface area contributed by atoms with Gasteiger partial charge in [0.05, 0.1) is 17.5 Å². The highest BCUT2D eigenvalue weighted by atomic mass is 16.5. The fourth-order valence-corrected chi connectivity index (χ4v) is 2.65. The molecule has 0 spiro atoms. The zero-order chi connectivity index (χ0) is 19.4. The lowest BCUT2D eigenvalue weighted by atomic mass is 10.2. The number of aryl methyl sites for hydroxylation is 1. The summed E-state index contributed by atoms with van der Waals surface area (Å²) in [5.74, 6) is -0.808. The second-order valence-electron chi connectivity index (χ2n) is 6.66. The molecule has 0 N–H and O–H groups in total. The van der Waals surface area contributed by atoms with Crippen LogP contribution in [0.3, 0.4) is 0 Å². The quantitative estimate of drug-likeness (QED) is 0.562. The number of carbonyl (C=O) groups is 2. The predicted octanol–water partition coefficient (Wildman–Crippen LogP) is 2.90. The fourth-order valence-electron chi connectivity index (χ4n) is 2.65. The summed E-state index contributed by atoms with van der Waals surface area (Å²) >= 11 is 0. The molecule has 0 radical (unpaired) electrons. The van der Waals surface area contributed by atoms with E-state index in [0.29, 0.717) is 24.3 Å². The third kappa shape index (κ3) is 4.28. The molecule has 0 aliphatic rings. The molecule has 0 fully saturated rings. The van der Waals surface area contributed by atoms with E-state index in [1.54, 1.807) is 28.8 Å². The summed E-state index contributed by atoms with van der Waals surface area (Å²) in [4.78, 5) is 30.7. The number of likely N-dealkylation sites (N-methyl/N-ethyl adjacent to an activating group) is 1. The number of aromatic nitrogens is 3. The first-order chi connectivity index (χ1) is 12.2. The van der Waals surface area contributed by atoms with E-state index in [2.05, 4.69) is 16.7 Å². The van der Waals surface area contributed by atoms with Gasteiger partial charge in [0.2, 0.25) is 0 Å². The number of hydrogen-bond donors (Lipinski definition) is 0. The molecule has 2 aromatic heterocycles. The molecule has 0 aliphatic carbocycles. The Bertz CT molecular complexity index is 839. The van der Waals surface area contributed by atoms with E-state index >= 15 is 0 Å². The van der Waals surface area contributed by atoms with Crippen molar-refractivity contribution in [2.24, 2.45) is 0 Å². The number of esters is 1. The summed E-state index contributed by atoms with van der Waals surface area (Å²) in [5.41, 5.74) is 2.49. The number of fused-ring (bicyclic) bond motifs is 1. The van der Waals surface area contributed by atoms with Gasteiger partial charge in [-0.2, -0.15) is 5.10 Å². The number of carbonyl (C=O) groups excluding carboxylic acids is 2. The van der Waals surface area contributed by atoms with Gasteiger partial charge in [0, 0.05) is 24.5 Å². The van der Waals surface area contributed by atoms with Crippen molar-refractivity contribution < 1.29 is 14.3 Å². The van der Waals surface area contributed by atoms with Crippen LogP contribution in [0.15, 0.2) is 24.4 Å². The first kappa shape index (κ1) is 19.6. The van der Waals surface area contributed by atoms with Crippen LogP contribution in [0.2, 0.25) is 0 Å². The Labute approximate surface area is 153 Å². The summed E-state index contributed by atoms with van der Waals surface area (Å²) in [6.45, 7) is 14.0. The largest absolute Gasteiger partial charge is 0.452 e. The number of hydrogen-bond acceptors (Lipinski definition) is 5. The van der Waals surface area contributed by atoms with Gasteiger partial charge in [0.15, 0.2) is 12.3 Å². The topological polar surface area (TPSA) is 77.3 Å². The van der Waals surface area contributed by atoms with Gasteiger partial charge < -0.3 is 9.64 Å². The average molecular weight is 358 g/mol. The van der Waals surface area contributed by atoms with E-state index in [4.69, 9.17) is 4.74 Å². The fraction of sp³-hybridized carbons (Fsp3) is 0.474. The molecule has 140 valence electrons. The normalized spacial score (nSPS) is 11.0. The molecule has 0 bridgehead atoms. The minimum absolute atomic E-state index is 0.170. The first-order valence-electron chi connectivity index (χ1n) is 8.68. The molecule has 2 heterocycles. The van der Waals surface area contributed by atoms with Crippen molar-refractivity contribution in [3.63, 3.8) is 0 Å². The van der Waals surface area contributed by atoms with Crippen LogP contribution in [0.1, 0.15) is 49.8 Å². The highest BCUT2D eigenvalue weighted by molar-refractivity contribution is 5.95. The molecule has 2 rings (SSSR count). The molecule has 7 heteroatoms. The summed E-state index contributed by atoms with van der Waals surface area (Å²) in [7, 11) is 0. The number of pyridine rings is 1.